The van der Waals surface area contributed by atoms with Gasteiger partial charge in [0.05, 0.1) is 13.0 Å². The second-order valence-electron chi connectivity index (χ2n) is 4.82. The average molecular weight is 242 g/mol. The predicted octanol–water partition coefficient (Wildman–Crippen LogP) is 1.53. The van der Waals surface area contributed by atoms with Gasteiger partial charge >= 0.3 is 5.97 Å². The van der Waals surface area contributed by atoms with Gasteiger partial charge in [-0.1, -0.05) is 6.42 Å². The van der Waals surface area contributed by atoms with E-state index in [4.69, 9.17) is 10.5 Å². The fraction of sp³-hybridized carbons (Fsp3) is 0.923. The minimum Gasteiger partial charge on any atom is -0.466 e. The summed E-state index contributed by atoms with van der Waals surface area (Å²) in [5, 5.41) is 0. The molecule has 2 atom stereocenters. The number of ether oxygens (including phenoxy) is 1. The van der Waals surface area contributed by atoms with Crippen LogP contribution in [-0.2, 0) is 9.53 Å². The molecule has 0 aliphatic carbocycles. The van der Waals surface area contributed by atoms with Crippen LogP contribution in [0.15, 0.2) is 0 Å². The van der Waals surface area contributed by atoms with Crippen LogP contribution in [0.1, 0.15) is 46.0 Å². The van der Waals surface area contributed by atoms with Crippen molar-refractivity contribution in [2.24, 2.45) is 5.73 Å². The number of nitrogens with two attached hydrogens (primary N) is 1. The van der Waals surface area contributed by atoms with Crippen molar-refractivity contribution in [3.8, 4) is 0 Å². The Balaban J connectivity index is 2.46. The second kappa shape index (κ2) is 7.67. The molecule has 1 fully saturated rings. The lowest BCUT2D eigenvalue weighted by Gasteiger charge is -2.39. The fourth-order valence-corrected chi connectivity index (χ4v) is 2.68. The number of carbonyl (C=O) groups is 1. The molecule has 1 aliphatic heterocycles. The molecule has 4 heteroatoms. The largest absolute Gasteiger partial charge is 0.466 e. The van der Waals surface area contributed by atoms with Crippen molar-refractivity contribution >= 4 is 5.97 Å². The van der Waals surface area contributed by atoms with Crippen molar-refractivity contribution in [1.29, 1.82) is 0 Å². The summed E-state index contributed by atoms with van der Waals surface area (Å²) in [6.07, 6.45) is 5.26. The van der Waals surface area contributed by atoms with Crippen LogP contribution in [-0.4, -0.2) is 42.6 Å². The van der Waals surface area contributed by atoms with Gasteiger partial charge in [-0.05, 0) is 46.2 Å². The van der Waals surface area contributed by atoms with Crippen LogP contribution < -0.4 is 5.73 Å². The highest BCUT2D eigenvalue weighted by Crippen LogP contribution is 2.23. The summed E-state index contributed by atoms with van der Waals surface area (Å²) in [4.78, 5) is 13.9. The first-order valence-corrected chi connectivity index (χ1v) is 6.80. The second-order valence-corrected chi connectivity index (χ2v) is 4.82. The molecule has 100 valence electrons. The highest BCUT2D eigenvalue weighted by atomic mass is 16.5. The molecule has 1 saturated heterocycles. The number of hydrogen-bond acceptors (Lipinski definition) is 4. The van der Waals surface area contributed by atoms with Crippen molar-refractivity contribution in [2.75, 3.05) is 19.7 Å². The first kappa shape index (κ1) is 14.5. The molecule has 0 aromatic carbocycles. The molecular formula is C13H26N2O2. The van der Waals surface area contributed by atoms with Crippen LogP contribution in [0.4, 0.5) is 0 Å². The predicted molar refractivity (Wildman–Crippen MR) is 68.7 cm³/mol. The summed E-state index contributed by atoms with van der Waals surface area (Å²) in [7, 11) is 0. The van der Waals surface area contributed by atoms with Gasteiger partial charge in [0.15, 0.2) is 0 Å². The average Bonchev–Trinajstić information content (AvgIpc) is 2.30. The molecule has 2 N–H and O–H groups in total. The maximum absolute atomic E-state index is 11.5. The Bertz CT molecular complexity index is 231. The minimum atomic E-state index is -0.0860. The van der Waals surface area contributed by atoms with E-state index in [0.717, 1.165) is 19.5 Å². The zero-order valence-electron chi connectivity index (χ0n) is 11.2. The van der Waals surface area contributed by atoms with Crippen LogP contribution in [0, 0.1) is 0 Å². The molecule has 0 spiro atoms. The maximum Gasteiger partial charge on any atom is 0.307 e. The van der Waals surface area contributed by atoms with Crippen LogP contribution in [0.2, 0.25) is 0 Å². The third kappa shape index (κ3) is 4.64. The van der Waals surface area contributed by atoms with E-state index >= 15 is 0 Å². The summed E-state index contributed by atoms with van der Waals surface area (Å²) in [6.45, 7) is 6.25. The van der Waals surface area contributed by atoms with Crippen molar-refractivity contribution in [3.05, 3.63) is 0 Å². The third-order valence-electron chi connectivity index (χ3n) is 3.51. The first-order chi connectivity index (χ1) is 8.19. The summed E-state index contributed by atoms with van der Waals surface area (Å²) in [6, 6.07) is 0.823. The van der Waals surface area contributed by atoms with Gasteiger partial charge in [-0.15, -0.1) is 0 Å². The van der Waals surface area contributed by atoms with Crippen LogP contribution >= 0.6 is 0 Å². The van der Waals surface area contributed by atoms with Crippen molar-refractivity contribution in [1.82, 2.24) is 4.90 Å². The quantitative estimate of drug-likeness (QED) is 0.718. The lowest BCUT2D eigenvalue weighted by Crippen LogP contribution is -2.46. The van der Waals surface area contributed by atoms with Gasteiger partial charge in [-0.2, -0.15) is 0 Å². The Morgan fingerprint density at radius 2 is 2.29 bits per heavy atom. The Hall–Kier alpha value is -0.610. The molecule has 2 unspecified atom stereocenters. The van der Waals surface area contributed by atoms with E-state index in [2.05, 4.69) is 11.8 Å². The number of nitrogens with zero attached hydrogens (tertiary/aromatic N) is 1. The van der Waals surface area contributed by atoms with E-state index in [0.29, 0.717) is 19.1 Å². The Morgan fingerprint density at radius 1 is 1.53 bits per heavy atom. The van der Waals surface area contributed by atoms with Crippen LogP contribution in [0.3, 0.4) is 0 Å². The van der Waals surface area contributed by atoms with Gasteiger partial charge in [0, 0.05) is 12.1 Å². The number of piperidine rings is 1. The van der Waals surface area contributed by atoms with Gasteiger partial charge in [-0.25, -0.2) is 0 Å². The smallest absolute Gasteiger partial charge is 0.307 e. The molecule has 0 amide bonds. The van der Waals surface area contributed by atoms with E-state index in [1.807, 2.05) is 6.92 Å². The number of carbonyl (C=O) groups excluding carboxylic acids is 1. The van der Waals surface area contributed by atoms with Crippen molar-refractivity contribution < 1.29 is 9.53 Å². The summed E-state index contributed by atoms with van der Waals surface area (Å²) in [5.74, 6) is -0.0860. The van der Waals surface area contributed by atoms with E-state index in [1.165, 1.54) is 19.3 Å². The SMILES string of the molecule is CCOC(=O)CC(C)N1CCCCC1CCN. The molecule has 1 aliphatic rings. The molecule has 0 saturated carbocycles. The molecule has 4 nitrogen and oxygen atoms in total. The summed E-state index contributed by atoms with van der Waals surface area (Å²) < 4.78 is 5.01. The summed E-state index contributed by atoms with van der Waals surface area (Å²) in [5.41, 5.74) is 5.65. The molecule has 17 heavy (non-hydrogen) atoms. The van der Waals surface area contributed by atoms with Crippen molar-refractivity contribution in [3.63, 3.8) is 0 Å². The molecule has 0 aromatic rings. The lowest BCUT2D eigenvalue weighted by atomic mass is 9.96. The zero-order chi connectivity index (χ0) is 12.7. The molecule has 0 radical (unpaired) electrons. The molecule has 1 rings (SSSR count). The number of rotatable bonds is 6. The Labute approximate surface area is 104 Å². The van der Waals surface area contributed by atoms with Gasteiger partial charge in [0.1, 0.15) is 0 Å². The minimum absolute atomic E-state index is 0.0860. The zero-order valence-corrected chi connectivity index (χ0v) is 11.2. The standard InChI is InChI=1S/C13H26N2O2/c1-3-17-13(16)10-11(2)15-9-5-4-6-12(15)7-8-14/h11-12H,3-10,14H2,1-2H3. The van der Waals surface area contributed by atoms with E-state index in [9.17, 15) is 4.79 Å². The number of esters is 1. The normalized spacial score (nSPS) is 23.4. The Kier molecular flexibility index (Phi) is 6.52. The third-order valence-corrected chi connectivity index (χ3v) is 3.51. The molecule has 1 heterocycles. The number of hydrogen-bond donors (Lipinski definition) is 1. The van der Waals surface area contributed by atoms with E-state index in [1.54, 1.807) is 0 Å². The highest BCUT2D eigenvalue weighted by Gasteiger charge is 2.27. The van der Waals surface area contributed by atoms with Gasteiger partial charge in [0.2, 0.25) is 0 Å². The number of likely N-dealkylation sites (tertiary alicyclic amines) is 1. The van der Waals surface area contributed by atoms with E-state index in [-0.39, 0.29) is 12.0 Å². The monoisotopic (exact) mass is 242 g/mol. The van der Waals surface area contributed by atoms with E-state index < -0.39 is 0 Å². The molecule has 0 aromatic heterocycles. The van der Waals surface area contributed by atoms with Gasteiger partial charge < -0.3 is 10.5 Å². The maximum atomic E-state index is 11.5. The van der Waals surface area contributed by atoms with Crippen LogP contribution in [0.25, 0.3) is 0 Å². The van der Waals surface area contributed by atoms with Crippen LogP contribution in [0.5, 0.6) is 0 Å². The molecule has 0 bridgehead atoms. The van der Waals surface area contributed by atoms with Crippen molar-refractivity contribution in [2.45, 2.75) is 58.0 Å². The topological polar surface area (TPSA) is 55.6 Å². The first-order valence-electron chi connectivity index (χ1n) is 6.80. The lowest BCUT2D eigenvalue weighted by molar-refractivity contribution is -0.144. The fourth-order valence-electron chi connectivity index (χ4n) is 2.68. The Morgan fingerprint density at radius 3 is 2.94 bits per heavy atom. The van der Waals surface area contributed by atoms with Gasteiger partial charge in [-0.3, -0.25) is 9.69 Å². The molecular weight excluding hydrogens is 216 g/mol. The van der Waals surface area contributed by atoms with Gasteiger partial charge in [0.25, 0.3) is 0 Å². The highest BCUT2D eigenvalue weighted by molar-refractivity contribution is 5.70. The summed E-state index contributed by atoms with van der Waals surface area (Å²) >= 11 is 0.